The summed E-state index contributed by atoms with van der Waals surface area (Å²) in [6.45, 7) is 1.74. The number of hydrogen-bond donors (Lipinski definition) is 3. The lowest BCUT2D eigenvalue weighted by Gasteiger charge is -2.17. The third-order valence-electron chi connectivity index (χ3n) is 5.36. The molecule has 4 aromatic rings. The number of fused-ring (bicyclic) bond motifs is 1. The van der Waals surface area contributed by atoms with Crippen molar-refractivity contribution in [3.63, 3.8) is 0 Å². The zero-order chi connectivity index (χ0) is 20.7. The van der Waals surface area contributed by atoms with E-state index in [1.165, 1.54) is 6.33 Å². The Morgan fingerprint density at radius 1 is 0.967 bits per heavy atom. The SMILES string of the molecule is C[C@H]1O[C@@H](n2cc(-c3ccccc3)c3c(Nc4ccccn4)ncnc32)[C@H](O)[C@@H]1O. The summed E-state index contributed by atoms with van der Waals surface area (Å²) < 4.78 is 7.62. The molecule has 1 saturated heterocycles. The van der Waals surface area contributed by atoms with Gasteiger partial charge in [0.25, 0.3) is 0 Å². The van der Waals surface area contributed by atoms with Crippen molar-refractivity contribution in [1.82, 2.24) is 19.5 Å². The molecule has 1 aliphatic heterocycles. The Kier molecular flexibility index (Phi) is 4.66. The molecule has 1 aliphatic rings. The van der Waals surface area contributed by atoms with Gasteiger partial charge < -0.3 is 24.8 Å². The van der Waals surface area contributed by atoms with E-state index in [2.05, 4.69) is 20.3 Å². The van der Waals surface area contributed by atoms with Crippen LogP contribution in [0.5, 0.6) is 0 Å². The first-order valence-electron chi connectivity index (χ1n) is 9.74. The maximum absolute atomic E-state index is 10.6. The fraction of sp³-hybridized carbons (Fsp3) is 0.227. The monoisotopic (exact) mass is 403 g/mol. The van der Waals surface area contributed by atoms with Crippen LogP contribution in [-0.4, -0.2) is 48.0 Å². The van der Waals surface area contributed by atoms with E-state index in [-0.39, 0.29) is 0 Å². The van der Waals surface area contributed by atoms with Crippen molar-refractivity contribution in [2.24, 2.45) is 0 Å². The molecule has 1 aromatic carbocycles. The molecule has 0 amide bonds. The van der Waals surface area contributed by atoms with Crippen LogP contribution in [0.15, 0.2) is 67.3 Å². The highest BCUT2D eigenvalue weighted by molar-refractivity contribution is 6.02. The molecule has 3 aromatic heterocycles. The number of pyridine rings is 1. The highest BCUT2D eigenvalue weighted by atomic mass is 16.6. The first-order valence-corrected chi connectivity index (χ1v) is 9.74. The Labute approximate surface area is 172 Å². The predicted molar refractivity (Wildman–Crippen MR) is 112 cm³/mol. The van der Waals surface area contributed by atoms with Crippen LogP contribution in [-0.2, 0) is 4.74 Å². The Balaban J connectivity index is 1.70. The molecule has 0 unspecified atom stereocenters. The zero-order valence-electron chi connectivity index (χ0n) is 16.3. The molecule has 0 saturated carbocycles. The van der Waals surface area contributed by atoms with Gasteiger partial charge in [0, 0.05) is 18.0 Å². The number of anilines is 2. The maximum Gasteiger partial charge on any atom is 0.164 e. The van der Waals surface area contributed by atoms with Gasteiger partial charge in [-0.05, 0) is 24.6 Å². The summed E-state index contributed by atoms with van der Waals surface area (Å²) in [5, 5.41) is 24.8. The minimum absolute atomic E-state index is 0.490. The number of hydrogen-bond acceptors (Lipinski definition) is 7. The van der Waals surface area contributed by atoms with Gasteiger partial charge in [0.2, 0.25) is 0 Å². The Morgan fingerprint density at radius 2 is 1.77 bits per heavy atom. The summed E-state index contributed by atoms with van der Waals surface area (Å²) in [5.74, 6) is 1.25. The molecule has 0 spiro atoms. The third kappa shape index (κ3) is 3.11. The van der Waals surface area contributed by atoms with Crippen molar-refractivity contribution in [3.05, 3.63) is 67.3 Å². The molecule has 5 rings (SSSR count). The summed E-state index contributed by atoms with van der Waals surface area (Å²) in [7, 11) is 0. The van der Waals surface area contributed by atoms with Crippen molar-refractivity contribution >= 4 is 22.7 Å². The van der Waals surface area contributed by atoms with E-state index in [0.717, 1.165) is 16.5 Å². The van der Waals surface area contributed by atoms with Crippen molar-refractivity contribution < 1.29 is 14.9 Å². The van der Waals surface area contributed by atoms with Crippen LogP contribution in [0.4, 0.5) is 11.6 Å². The van der Waals surface area contributed by atoms with E-state index < -0.39 is 24.5 Å². The molecule has 3 N–H and O–H groups in total. The molecule has 30 heavy (non-hydrogen) atoms. The largest absolute Gasteiger partial charge is 0.388 e. The summed E-state index contributed by atoms with van der Waals surface area (Å²) in [6.07, 6.45) is 1.76. The third-order valence-corrected chi connectivity index (χ3v) is 5.36. The standard InChI is InChI=1S/C22H21N5O3/c1-13-18(28)19(29)22(30-13)27-11-15(14-7-3-2-4-8-14)17-20(24-12-25-21(17)27)26-16-9-5-6-10-23-16/h2-13,18-19,22,28-29H,1H3,(H,23,24,25,26)/t13-,18-,19-,22-/m1/s1. The van der Waals surface area contributed by atoms with Crippen molar-refractivity contribution in [2.75, 3.05) is 5.32 Å². The summed E-state index contributed by atoms with van der Waals surface area (Å²) in [5.41, 5.74) is 2.45. The summed E-state index contributed by atoms with van der Waals surface area (Å²) in [6, 6.07) is 15.5. The maximum atomic E-state index is 10.6. The number of nitrogens with one attached hydrogen (secondary N) is 1. The Bertz CT molecular complexity index is 1170. The highest BCUT2D eigenvalue weighted by Crippen LogP contribution is 2.39. The topological polar surface area (TPSA) is 105 Å². The van der Waals surface area contributed by atoms with Crippen LogP contribution in [0.25, 0.3) is 22.2 Å². The van der Waals surface area contributed by atoms with E-state index in [1.54, 1.807) is 17.7 Å². The lowest BCUT2D eigenvalue weighted by molar-refractivity contribution is -0.0295. The predicted octanol–water partition coefficient (Wildman–Crippen LogP) is 2.88. The molecule has 0 aliphatic carbocycles. The lowest BCUT2D eigenvalue weighted by Crippen LogP contribution is -2.30. The fourth-order valence-corrected chi connectivity index (χ4v) is 3.83. The minimum Gasteiger partial charge on any atom is -0.388 e. The second-order valence-corrected chi connectivity index (χ2v) is 7.29. The van der Waals surface area contributed by atoms with Gasteiger partial charge in [0.15, 0.2) is 6.23 Å². The Morgan fingerprint density at radius 3 is 2.47 bits per heavy atom. The average molecular weight is 403 g/mol. The number of ether oxygens (including phenoxy) is 1. The van der Waals surface area contributed by atoms with E-state index >= 15 is 0 Å². The van der Waals surface area contributed by atoms with E-state index in [4.69, 9.17) is 4.74 Å². The molecule has 4 heterocycles. The lowest BCUT2D eigenvalue weighted by atomic mass is 10.1. The molecule has 152 valence electrons. The zero-order valence-corrected chi connectivity index (χ0v) is 16.3. The van der Waals surface area contributed by atoms with Gasteiger partial charge in [-0.2, -0.15) is 0 Å². The molecular formula is C22H21N5O3. The van der Waals surface area contributed by atoms with Crippen LogP contribution in [0.3, 0.4) is 0 Å². The van der Waals surface area contributed by atoms with Crippen molar-refractivity contribution in [2.45, 2.75) is 31.5 Å². The van der Waals surface area contributed by atoms with E-state index in [9.17, 15) is 10.2 Å². The second-order valence-electron chi connectivity index (χ2n) is 7.29. The number of aliphatic hydroxyl groups is 2. The normalized spacial score (nSPS) is 23.7. The molecule has 4 atom stereocenters. The van der Waals surface area contributed by atoms with Crippen molar-refractivity contribution in [3.8, 4) is 11.1 Å². The van der Waals surface area contributed by atoms with E-state index in [0.29, 0.717) is 17.3 Å². The molecule has 0 radical (unpaired) electrons. The molecule has 8 nitrogen and oxygen atoms in total. The van der Waals surface area contributed by atoms with Gasteiger partial charge in [0.1, 0.15) is 35.8 Å². The van der Waals surface area contributed by atoms with Gasteiger partial charge in [0.05, 0.1) is 11.5 Å². The first-order chi connectivity index (χ1) is 14.6. The number of aromatic nitrogens is 4. The second kappa shape index (κ2) is 7.49. The fourth-order valence-electron chi connectivity index (χ4n) is 3.83. The highest BCUT2D eigenvalue weighted by Gasteiger charge is 2.42. The quantitative estimate of drug-likeness (QED) is 0.481. The van der Waals surface area contributed by atoms with Crippen LogP contribution in [0, 0.1) is 0 Å². The van der Waals surface area contributed by atoms with Crippen LogP contribution in [0.1, 0.15) is 13.2 Å². The van der Waals surface area contributed by atoms with Crippen molar-refractivity contribution in [1.29, 1.82) is 0 Å². The summed E-state index contributed by atoms with van der Waals surface area (Å²) >= 11 is 0. The first kappa shape index (κ1) is 18.7. The molecular weight excluding hydrogens is 382 g/mol. The van der Waals surface area contributed by atoms with Crippen LogP contribution in [0.2, 0.25) is 0 Å². The number of nitrogens with zero attached hydrogens (tertiary/aromatic N) is 4. The number of aliphatic hydroxyl groups excluding tert-OH is 2. The van der Waals surface area contributed by atoms with Gasteiger partial charge in [-0.25, -0.2) is 15.0 Å². The average Bonchev–Trinajstić information content (AvgIpc) is 3.29. The van der Waals surface area contributed by atoms with Crippen LogP contribution >= 0.6 is 0 Å². The minimum atomic E-state index is -1.07. The Hall–Kier alpha value is -3.33. The van der Waals surface area contributed by atoms with Gasteiger partial charge in [-0.15, -0.1) is 0 Å². The smallest absolute Gasteiger partial charge is 0.164 e. The molecule has 0 bridgehead atoms. The van der Waals surface area contributed by atoms with Crippen LogP contribution < -0.4 is 5.32 Å². The number of benzene rings is 1. The summed E-state index contributed by atoms with van der Waals surface area (Å²) in [4.78, 5) is 13.2. The van der Waals surface area contributed by atoms with Gasteiger partial charge in [-0.1, -0.05) is 36.4 Å². The van der Waals surface area contributed by atoms with Gasteiger partial charge in [-0.3, -0.25) is 0 Å². The molecule has 8 heteroatoms. The van der Waals surface area contributed by atoms with Gasteiger partial charge >= 0.3 is 0 Å². The molecule has 1 fully saturated rings. The number of rotatable bonds is 4. The van der Waals surface area contributed by atoms with E-state index in [1.807, 2.05) is 54.7 Å².